The molecule has 6 heteroatoms. The van der Waals surface area contributed by atoms with Gasteiger partial charge in [0.1, 0.15) is 11.5 Å². The SMILES string of the molecule is CC[C@@H]1CCCCN1C(=O)COc1cc(OC)ccc1C(N)=O. The summed E-state index contributed by atoms with van der Waals surface area (Å²) in [7, 11) is 1.52. The fourth-order valence-corrected chi connectivity index (χ4v) is 2.93. The summed E-state index contributed by atoms with van der Waals surface area (Å²) in [6.45, 7) is 2.75. The first kappa shape index (κ1) is 17.1. The fraction of sp³-hybridized carbons (Fsp3) is 0.529. The van der Waals surface area contributed by atoms with Gasteiger partial charge >= 0.3 is 0 Å². The highest BCUT2D eigenvalue weighted by Gasteiger charge is 2.25. The number of likely N-dealkylation sites (tertiary alicyclic amines) is 1. The van der Waals surface area contributed by atoms with Crippen molar-refractivity contribution in [1.29, 1.82) is 0 Å². The quantitative estimate of drug-likeness (QED) is 0.868. The third kappa shape index (κ3) is 4.15. The first-order valence-electron chi connectivity index (χ1n) is 7.97. The van der Waals surface area contributed by atoms with Gasteiger partial charge in [-0.1, -0.05) is 6.92 Å². The van der Waals surface area contributed by atoms with Crippen LogP contribution >= 0.6 is 0 Å². The van der Waals surface area contributed by atoms with E-state index in [-0.39, 0.29) is 29.9 Å². The Bertz CT molecular complexity index is 574. The Hall–Kier alpha value is -2.24. The molecule has 0 radical (unpaired) electrons. The number of rotatable bonds is 6. The second-order valence-electron chi connectivity index (χ2n) is 5.66. The highest BCUT2D eigenvalue weighted by Crippen LogP contribution is 2.25. The van der Waals surface area contributed by atoms with Crippen LogP contribution in [0.5, 0.6) is 11.5 Å². The third-order valence-corrected chi connectivity index (χ3v) is 4.22. The molecule has 1 aromatic rings. The van der Waals surface area contributed by atoms with Gasteiger partial charge in [-0.05, 0) is 37.8 Å². The van der Waals surface area contributed by atoms with E-state index in [2.05, 4.69) is 6.92 Å². The number of piperidine rings is 1. The predicted octanol–water partition coefficient (Wildman–Crippen LogP) is 1.96. The Balaban J connectivity index is 2.07. The average molecular weight is 320 g/mol. The number of primary amides is 1. The van der Waals surface area contributed by atoms with E-state index < -0.39 is 5.91 Å². The summed E-state index contributed by atoms with van der Waals surface area (Å²) in [5.74, 6) is 0.159. The van der Waals surface area contributed by atoms with E-state index in [1.807, 2.05) is 4.90 Å². The molecule has 1 fully saturated rings. The molecule has 1 saturated heterocycles. The number of nitrogens with two attached hydrogens (primary N) is 1. The van der Waals surface area contributed by atoms with E-state index in [4.69, 9.17) is 15.2 Å². The highest BCUT2D eigenvalue weighted by atomic mass is 16.5. The standard InChI is InChI=1S/C17H24N2O4/c1-3-12-6-4-5-9-19(12)16(20)11-23-15-10-13(22-2)7-8-14(15)17(18)21/h7-8,10,12H,3-6,9,11H2,1-2H3,(H2,18,21)/t12-/m1/s1. The molecule has 6 nitrogen and oxygen atoms in total. The van der Waals surface area contributed by atoms with Crippen LogP contribution in [0.3, 0.4) is 0 Å². The molecule has 1 aliphatic heterocycles. The molecule has 1 atom stereocenters. The van der Waals surface area contributed by atoms with Crippen molar-refractivity contribution in [2.45, 2.75) is 38.6 Å². The zero-order valence-electron chi connectivity index (χ0n) is 13.7. The molecule has 0 saturated carbocycles. The van der Waals surface area contributed by atoms with Crippen LogP contribution in [0.4, 0.5) is 0 Å². The lowest BCUT2D eigenvalue weighted by atomic mass is 10.00. The maximum Gasteiger partial charge on any atom is 0.260 e. The van der Waals surface area contributed by atoms with Gasteiger partial charge in [0.25, 0.3) is 11.8 Å². The minimum absolute atomic E-state index is 0.0604. The molecule has 0 unspecified atom stereocenters. The van der Waals surface area contributed by atoms with Crippen LogP contribution in [0.15, 0.2) is 18.2 Å². The van der Waals surface area contributed by atoms with Crippen molar-refractivity contribution in [3.8, 4) is 11.5 Å². The first-order chi connectivity index (χ1) is 11.1. The van der Waals surface area contributed by atoms with Crippen LogP contribution in [0.2, 0.25) is 0 Å². The number of nitrogens with zero attached hydrogens (tertiary/aromatic N) is 1. The molecule has 0 spiro atoms. The summed E-state index contributed by atoms with van der Waals surface area (Å²) >= 11 is 0. The van der Waals surface area contributed by atoms with Gasteiger partial charge < -0.3 is 20.1 Å². The summed E-state index contributed by atoms with van der Waals surface area (Å²) in [4.78, 5) is 25.8. The first-order valence-corrected chi connectivity index (χ1v) is 7.97. The molecule has 1 aromatic carbocycles. The van der Waals surface area contributed by atoms with Crippen LogP contribution in [0.1, 0.15) is 43.0 Å². The number of hydrogen-bond donors (Lipinski definition) is 1. The lowest BCUT2D eigenvalue weighted by Gasteiger charge is -2.35. The summed E-state index contributed by atoms with van der Waals surface area (Å²) in [6, 6.07) is 5.02. The molecule has 1 aliphatic rings. The molecule has 126 valence electrons. The van der Waals surface area contributed by atoms with Crippen LogP contribution in [-0.2, 0) is 4.79 Å². The molecule has 2 N–H and O–H groups in total. The molecule has 0 aromatic heterocycles. The van der Waals surface area contributed by atoms with Crippen LogP contribution in [-0.4, -0.2) is 43.0 Å². The van der Waals surface area contributed by atoms with Crippen LogP contribution < -0.4 is 15.2 Å². The maximum atomic E-state index is 12.4. The largest absolute Gasteiger partial charge is 0.497 e. The minimum Gasteiger partial charge on any atom is -0.497 e. The zero-order valence-corrected chi connectivity index (χ0v) is 13.7. The normalized spacial score (nSPS) is 17.7. The van der Waals surface area contributed by atoms with Gasteiger partial charge in [0.2, 0.25) is 0 Å². The van der Waals surface area contributed by atoms with Crippen molar-refractivity contribution in [2.24, 2.45) is 5.73 Å². The average Bonchev–Trinajstić information content (AvgIpc) is 2.59. The highest BCUT2D eigenvalue weighted by molar-refractivity contribution is 5.96. The molecule has 2 amide bonds. The van der Waals surface area contributed by atoms with Gasteiger partial charge in [-0.2, -0.15) is 0 Å². The lowest BCUT2D eigenvalue weighted by Crippen LogP contribution is -2.45. The van der Waals surface area contributed by atoms with E-state index in [1.54, 1.807) is 12.1 Å². The Morgan fingerprint density at radius 3 is 2.78 bits per heavy atom. The Kier molecular flexibility index (Phi) is 5.84. The van der Waals surface area contributed by atoms with Gasteiger partial charge in [0.05, 0.1) is 12.7 Å². The van der Waals surface area contributed by atoms with Crippen molar-refractivity contribution in [1.82, 2.24) is 4.90 Å². The van der Waals surface area contributed by atoms with Gasteiger partial charge in [-0.3, -0.25) is 9.59 Å². The van der Waals surface area contributed by atoms with Crippen molar-refractivity contribution >= 4 is 11.8 Å². The lowest BCUT2D eigenvalue weighted by molar-refractivity contribution is -0.137. The minimum atomic E-state index is -0.598. The van der Waals surface area contributed by atoms with Gasteiger partial charge in [-0.25, -0.2) is 0 Å². The number of hydrogen-bond acceptors (Lipinski definition) is 4. The Morgan fingerprint density at radius 1 is 1.35 bits per heavy atom. The number of ether oxygens (including phenoxy) is 2. The molecule has 23 heavy (non-hydrogen) atoms. The molecule has 0 aliphatic carbocycles. The van der Waals surface area contributed by atoms with E-state index in [0.29, 0.717) is 5.75 Å². The maximum absolute atomic E-state index is 12.4. The molecule has 0 bridgehead atoms. The topological polar surface area (TPSA) is 81.9 Å². The molecular weight excluding hydrogens is 296 g/mol. The summed E-state index contributed by atoms with van der Waals surface area (Å²) in [5.41, 5.74) is 5.58. The van der Waals surface area contributed by atoms with E-state index >= 15 is 0 Å². The smallest absolute Gasteiger partial charge is 0.260 e. The number of amides is 2. The van der Waals surface area contributed by atoms with Crippen LogP contribution in [0, 0.1) is 0 Å². The number of methoxy groups -OCH3 is 1. The second-order valence-corrected chi connectivity index (χ2v) is 5.66. The van der Waals surface area contributed by atoms with E-state index in [9.17, 15) is 9.59 Å². The Morgan fingerprint density at radius 2 is 2.13 bits per heavy atom. The zero-order chi connectivity index (χ0) is 16.8. The van der Waals surface area contributed by atoms with Crippen molar-refractivity contribution in [2.75, 3.05) is 20.3 Å². The van der Waals surface area contributed by atoms with Gasteiger partial charge in [-0.15, -0.1) is 0 Å². The number of benzene rings is 1. The van der Waals surface area contributed by atoms with E-state index in [1.165, 1.54) is 13.2 Å². The second kappa shape index (κ2) is 7.85. The summed E-state index contributed by atoms with van der Waals surface area (Å²) in [5, 5.41) is 0. The van der Waals surface area contributed by atoms with Gasteiger partial charge in [0.15, 0.2) is 6.61 Å². The summed E-state index contributed by atoms with van der Waals surface area (Å²) in [6.07, 6.45) is 4.16. The van der Waals surface area contributed by atoms with Crippen molar-refractivity contribution in [3.63, 3.8) is 0 Å². The monoisotopic (exact) mass is 320 g/mol. The van der Waals surface area contributed by atoms with Gasteiger partial charge in [0, 0.05) is 18.7 Å². The summed E-state index contributed by atoms with van der Waals surface area (Å²) < 4.78 is 10.7. The fourth-order valence-electron chi connectivity index (χ4n) is 2.93. The van der Waals surface area contributed by atoms with Crippen molar-refractivity contribution in [3.05, 3.63) is 23.8 Å². The van der Waals surface area contributed by atoms with Crippen LogP contribution in [0.25, 0.3) is 0 Å². The predicted molar refractivity (Wildman–Crippen MR) is 86.6 cm³/mol. The van der Waals surface area contributed by atoms with Crippen molar-refractivity contribution < 1.29 is 19.1 Å². The molecular formula is C17H24N2O4. The number of carbonyl (C=O) groups excluding carboxylic acids is 2. The van der Waals surface area contributed by atoms with E-state index in [0.717, 1.165) is 32.2 Å². The molecule has 1 heterocycles. The molecule has 2 rings (SSSR count). The number of carbonyl (C=O) groups is 2. The third-order valence-electron chi connectivity index (χ3n) is 4.22. The Labute approximate surface area is 136 Å².